The second-order valence-electron chi connectivity index (χ2n) is 9.18. The highest BCUT2D eigenvalue weighted by atomic mass is 16.2. The number of para-hydroxylation sites is 1. The number of carbonyl (C=O) groups excluding carboxylic acids is 3. The number of aryl methyl sites for hydroxylation is 1. The van der Waals surface area contributed by atoms with E-state index in [1.807, 2.05) is 31.2 Å². The Bertz CT molecular complexity index is 1100. The zero-order valence-corrected chi connectivity index (χ0v) is 17.3. The SMILES string of the molecule is CCc1ccccc1NC(=O)c1ccc(N2C(=O)C3C4C=CC(C5CC45)C3C2=O)cc1. The minimum absolute atomic E-state index is 0.0752. The van der Waals surface area contributed by atoms with Crippen molar-refractivity contribution in [3.63, 3.8) is 0 Å². The molecule has 5 heteroatoms. The van der Waals surface area contributed by atoms with Crippen molar-refractivity contribution in [3.8, 4) is 0 Å². The highest BCUT2D eigenvalue weighted by Crippen LogP contribution is 2.65. The minimum atomic E-state index is -0.209. The molecule has 4 aliphatic carbocycles. The number of rotatable bonds is 4. The molecule has 2 aromatic rings. The van der Waals surface area contributed by atoms with E-state index in [2.05, 4.69) is 17.5 Å². The van der Waals surface area contributed by atoms with Crippen molar-refractivity contribution in [1.82, 2.24) is 0 Å². The van der Waals surface area contributed by atoms with Crippen molar-refractivity contribution >= 4 is 29.1 Å². The number of hydrogen-bond acceptors (Lipinski definition) is 3. The quantitative estimate of drug-likeness (QED) is 0.608. The first-order valence-electron chi connectivity index (χ1n) is 11.1. The smallest absolute Gasteiger partial charge is 0.255 e. The lowest BCUT2D eigenvalue weighted by Gasteiger charge is -2.37. The molecular weight excluding hydrogens is 388 g/mol. The van der Waals surface area contributed by atoms with Crippen LogP contribution in [0.4, 0.5) is 11.4 Å². The molecule has 31 heavy (non-hydrogen) atoms. The van der Waals surface area contributed by atoms with Gasteiger partial charge in [-0.15, -0.1) is 0 Å². The molecule has 1 N–H and O–H groups in total. The Morgan fingerprint density at radius 2 is 1.55 bits per heavy atom. The Balaban J connectivity index is 1.23. The standard InChI is InChI=1S/C26H24N2O3/c1-2-14-5-3-4-6-21(14)27-24(29)15-7-9-16(10-8-15)28-25(30)22-17-11-12-18(20-13-19(17)20)23(22)26(28)31/h3-12,17-20,22-23H,2,13H2,1H3,(H,27,29). The van der Waals surface area contributed by atoms with Crippen LogP contribution in [0.1, 0.15) is 29.3 Å². The summed E-state index contributed by atoms with van der Waals surface area (Å²) in [5.41, 5.74) is 2.93. The van der Waals surface area contributed by atoms with E-state index in [1.54, 1.807) is 24.3 Å². The number of carbonyl (C=O) groups is 3. The molecule has 3 fully saturated rings. The molecule has 0 spiro atoms. The molecule has 2 aromatic carbocycles. The van der Waals surface area contributed by atoms with Crippen LogP contribution in [0.3, 0.4) is 0 Å². The Morgan fingerprint density at radius 3 is 2.16 bits per heavy atom. The number of anilines is 2. The van der Waals surface area contributed by atoms with Gasteiger partial charge in [0.15, 0.2) is 0 Å². The molecule has 0 radical (unpaired) electrons. The fourth-order valence-corrected chi connectivity index (χ4v) is 6.12. The van der Waals surface area contributed by atoms with Gasteiger partial charge in [0.2, 0.25) is 11.8 Å². The van der Waals surface area contributed by atoms with Crippen molar-refractivity contribution in [3.05, 3.63) is 71.8 Å². The van der Waals surface area contributed by atoms with E-state index >= 15 is 0 Å². The van der Waals surface area contributed by atoms with Crippen LogP contribution in [-0.4, -0.2) is 17.7 Å². The Kier molecular flexibility index (Phi) is 3.98. The molecule has 156 valence electrons. The largest absolute Gasteiger partial charge is 0.322 e. The molecule has 6 unspecified atom stereocenters. The average Bonchev–Trinajstić information content (AvgIpc) is 3.58. The van der Waals surface area contributed by atoms with E-state index in [1.165, 1.54) is 4.90 Å². The number of amides is 3. The molecule has 1 aliphatic heterocycles. The van der Waals surface area contributed by atoms with Crippen molar-refractivity contribution in [2.24, 2.45) is 35.5 Å². The molecule has 5 nitrogen and oxygen atoms in total. The van der Waals surface area contributed by atoms with Gasteiger partial charge in [0.25, 0.3) is 5.91 Å². The Morgan fingerprint density at radius 1 is 0.935 bits per heavy atom. The maximum absolute atomic E-state index is 13.2. The van der Waals surface area contributed by atoms with Gasteiger partial charge in [-0.2, -0.15) is 0 Å². The van der Waals surface area contributed by atoms with Gasteiger partial charge in [-0.25, -0.2) is 0 Å². The fourth-order valence-electron chi connectivity index (χ4n) is 6.12. The lowest BCUT2D eigenvalue weighted by molar-refractivity contribution is -0.124. The highest BCUT2D eigenvalue weighted by Gasteiger charge is 2.67. The lowest BCUT2D eigenvalue weighted by atomic mass is 9.63. The normalized spacial score (nSPS) is 32.1. The van der Waals surface area contributed by atoms with E-state index in [4.69, 9.17) is 0 Å². The summed E-state index contributed by atoms with van der Waals surface area (Å²) in [6.45, 7) is 2.05. The summed E-state index contributed by atoms with van der Waals surface area (Å²) in [6, 6.07) is 14.5. The molecule has 6 atom stereocenters. The number of allylic oxidation sites excluding steroid dienone is 2. The van der Waals surface area contributed by atoms with Crippen LogP contribution in [0.15, 0.2) is 60.7 Å². The minimum Gasteiger partial charge on any atom is -0.322 e. The number of benzene rings is 2. The second kappa shape index (κ2) is 6.64. The number of hydrogen-bond donors (Lipinski definition) is 1. The van der Waals surface area contributed by atoms with Gasteiger partial charge in [0.1, 0.15) is 0 Å². The highest BCUT2D eigenvalue weighted by molar-refractivity contribution is 6.22. The second-order valence-corrected chi connectivity index (χ2v) is 9.18. The molecule has 2 bridgehead atoms. The van der Waals surface area contributed by atoms with Crippen LogP contribution in [0.2, 0.25) is 0 Å². The first-order valence-corrected chi connectivity index (χ1v) is 11.1. The van der Waals surface area contributed by atoms with Crippen molar-refractivity contribution in [1.29, 1.82) is 0 Å². The molecule has 5 aliphatic rings. The van der Waals surface area contributed by atoms with Crippen LogP contribution in [0, 0.1) is 35.5 Å². The summed E-state index contributed by atoms with van der Waals surface area (Å²) < 4.78 is 0. The average molecular weight is 412 g/mol. The zero-order chi connectivity index (χ0) is 21.3. The van der Waals surface area contributed by atoms with Gasteiger partial charge in [-0.1, -0.05) is 37.3 Å². The fraction of sp³-hybridized carbons (Fsp3) is 0.346. The third-order valence-electron chi connectivity index (χ3n) is 7.70. The molecular formula is C26H24N2O3. The van der Waals surface area contributed by atoms with Gasteiger partial charge in [-0.3, -0.25) is 19.3 Å². The number of nitrogens with one attached hydrogen (secondary N) is 1. The van der Waals surface area contributed by atoms with E-state index in [9.17, 15) is 14.4 Å². The predicted octanol–water partition coefficient (Wildman–Crippen LogP) is 4.06. The first kappa shape index (κ1) is 18.6. The molecule has 3 amide bonds. The van der Waals surface area contributed by atoms with Crippen molar-refractivity contribution in [2.45, 2.75) is 19.8 Å². The van der Waals surface area contributed by atoms with Gasteiger partial charge in [0.05, 0.1) is 17.5 Å². The molecule has 1 saturated heterocycles. The van der Waals surface area contributed by atoms with Gasteiger partial charge in [-0.05, 0) is 72.4 Å². The maximum atomic E-state index is 13.2. The summed E-state index contributed by atoms with van der Waals surface area (Å²) in [7, 11) is 0. The first-order chi connectivity index (χ1) is 15.1. The van der Waals surface area contributed by atoms with Crippen molar-refractivity contribution < 1.29 is 14.4 Å². The van der Waals surface area contributed by atoms with E-state index in [0.717, 1.165) is 24.1 Å². The van der Waals surface area contributed by atoms with Crippen LogP contribution in [0.25, 0.3) is 0 Å². The summed E-state index contributed by atoms with van der Waals surface area (Å²) in [6.07, 6.45) is 6.34. The molecule has 0 aromatic heterocycles. The lowest BCUT2D eigenvalue weighted by Crippen LogP contribution is -2.40. The Hall–Kier alpha value is -3.21. The number of nitrogens with zero attached hydrogens (tertiary/aromatic N) is 1. The number of imide groups is 1. The van der Waals surface area contributed by atoms with Crippen LogP contribution < -0.4 is 10.2 Å². The summed E-state index contributed by atoms with van der Waals surface area (Å²) in [5.74, 6) is 0.829. The maximum Gasteiger partial charge on any atom is 0.255 e. The van der Waals surface area contributed by atoms with Crippen LogP contribution in [-0.2, 0) is 16.0 Å². The zero-order valence-electron chi connectivity index (χ0n) is 17.3. The third kappa shape index (κ3) is 2.65. The van der Waals surface area contributed by atoms with Gasteiger partial charge < -0.3 is 5.32 Å². The van der Waals surface area contributed by atoms with E-state index < -0.39 is 0 Å². The Labute approximate surface area is 181 Å². The topological polar surface area (TPSA) is 66.5 Å². The van der Waals surface area contributed by atoms with Crippen LogP contribution in [0.5, 0.6) is 0 Å². The van der Waals surface area contributed by atoms with Crippen molar-refractivity contribution in [2.75, 3.05) is 10.2 Å². The monoisotopic (exact) mass is 412 g/mol. The van der Waals surface area contributed by atoms with E-state index in [0.29, 0.717) is 23.1 Å². The van der Waals surface area contributed by atoms with Gasteiger partial charge in [0, 0.05) is 11.3 Å². The summed E-state index contributed by atoms with van der Waals surface area (Å²) in [5, 5.41) is 2.96. The molecule has 2 saturated carbocycles. The van der Waals surface area contributed by atoms with E-state index in [-0.39, 0.29) is 41.4 Å². The molecule has 7 rings (SSSR count). The predicted molar refractivity (Wildman–Crippen MR) is 117 cm³/mol. The summed E-state index contributed by atoms with van der Waals surface area (Å²) >= 11 is 0. The van der Waals surface area contributed by atoms with Gasteiger partial charge >= 0.3 is 0 Å². The molecule has 1 heterocycles. The van der Waals surface area contributed by atoms with Crippen LogP contribution >= 0.6 is 0 Å². The summed E-state index contributed by atoms with van der Waals surface area (Å²) in [4.78, 5) is 40.5. The third-order valence-corrected chi connectivity index (χ3v) is 7.70.